The number of alkyl halides is 1. The SMILES string of the molecule is Cc1cc2c(cc1F)C(Cl)c1ccccc1N(C)S2=O. The summed E-state index contributed by atoms with van der Waals surface area (Å²) in [6, 6.07) is 10.5. The average Bonchev–Trinajstić information content (AvgIpc) is 2.53. The van der Waals surface area contributed by atoms with Crippen LogP contribution in [0.5, 0.6) is 0 Å². The molecule has 5 heteroatoms. The minimum absolute atomic E-state index is 0.326. The lowest BCUT2D eigenvalue weighted by Crippen LogP contribution is -2.20. The third-order valence-corrected chi connectivity index (χ3v) is 5.44. The van der Waals surface area contributed by atoms with Crippen LogP contribution < -0.4 is 4.31 Å². The molecular formula is C15H13ClFNOS. The molecule has 2 aromatic carbocycles. The van der Waals surface area contributed by atoms with E-state index in [1.165, 1.54) is 6.07 Å². The standard InChI is InChI=1S/C15H13ClFNOS/c1-9-7-14-11(8-12(9)17)15(16)10-5-3-4-6-13(10)18(2)20(14)19/h3-8,15H,1-2H3. The van der Waals surface area contributed by atoms with Crippen LogP contribution in [0.1, 0.15) is 22.1 Å². The molecule has 0 spiro atoms. The Bertz CT molecular complexity index is 719. The highest BCUT2D eigenvalue weighted by Gasteiger charge is 2.29. The Hall–Kier alpha value is -1.39. The average molecular weight is 310 g/mol. The summed E-state index contributed by atoms with van der Waals surface area (Å²) < 4.78 is 28.2. The number of aryl methyl sites for hydroxylation is 1. The third-order valence-electron chi connectivity index (χ3n) is 3.55. The van der Waals surface area contributed by atoms with Crippen molar-refractivity contribution in [2.75, 3.05) is 11.4 Å². The monoisotopic (exact) mass is 309 g/mol. The Balaban J connectivity index is 2.32. The molecule has 0 aliphatic carbocycles. The second kappa shape index (κ2) is 4.86. The number of anilines is 1. The van der Waals surface area contributed by atoms with Crippen molar-refractivity contribution in [3.05, 3.63) is 58.9 Å². The van der Waals surface area contributed by atoms with Crippen LogP contribution >= 0.6 is 11.6 Å². The fourth-order valence-corrected chi connectivity index (χ4v) is 4.14. The smallest absolute Gasteiger partial charge is 0.153 e. The van der Waals surface area contributed by atoms with Gasteiger partial charge in [-0.3, -0.25) is 4.31 Å². The van der Waals surface area contributed by atoms with Crippen molar-refractivity contribution in [1.29, 1.82) is 0 Å². The lowest BCUT2D eigenvalue weighted by molar-refractivity contribution is 0.613. The Morgan fingerprint density at radius 3 is 2.70 bits per heavy atom. The van der Waals surface area contributed by atoms with Gasteiger partial charge in [-0.15, -0.1) is 11.6 Å². The van der Waals surface area contributed by atoms with Crippen LogP contribution in [0.4, 0.5) is 10.1 Å². The van der Waals surface area contributed by atoms with E-state index in [0.717, 1.165) is 11.3 Å². The molecule has 1 heterocycles. The molecule has 0 saturated heterocycles. The Kier molecular flexibility index (Phi) is 3.30. The fraction of sp³-hybridized carbons (Fsp3) is 0.200. The molecule has 2 unspecified atom stereocenters. The summed E-state index contributed by atoms with van der Waals surface area (Å²) in [5, 5.41) is -0.509. The van der Waals surface area contributed by atoms with Gasteiger partial charge in [-0.2, -0.15) is 0 Å². The van der Waals surface area contributed by atoms with E-state index < -0.39 is 16.4 Å². The molecular weight excluding hydrogens is 297 g/mol. The van der Waals surface area contributed by atoms with Crippen LogP contribution in [0.15, 0.2) is 41.3 Å². The quantitative estimate of drug-likeness (QED) is 0.675. The maximum absolute atomic E-state index is 13.8. The van der Waals surface area contributed by atoms with Gasteiger partial charge in [-0.1, -0.05) is 18.2 Å². The van der Waals surface area contributed by atoms with Gasteiger partial charge in [0.05, 0.1) is 16.0 Å². The van der Waals surface area contributed by atoms with Gasteiger partial charge in [-0.25, -0.2) is 8.60 Å². The lowest BCUT2D eigenvalue weighted by Gasteiger charge is -2.18. The van der Waals surface area contributed by atoms with Crippen molar-refractivity contribution >= 4 is 28.3 Å². The zero-order valence-corrected chi connectivity index (χ0v) is 12.6. The van der Waals surface area contributed by atoms with Crippen LogP contribution in [0.3, 0.4) is 0 Å². The molecule has 2 nitrogen and oxygen atoms in total. The molecule has 2 atom stereocenters. The number of fused-ring (bicyclic) bond motifs is 2. The van der Waals surface area contributed by atoms with Gasteiger partial charge < -0.3 is 0 Å². The van der Waals surface area contributed by atoms with Crippen LogP contribution in [0.2, 0.25) is 0 Å². The van der Waals surface area contributed by atoms with E-state index in [9.17, 15) is 8.60 Å². The van der Waals surface area contributed by atoms with Crippen LogP contribution in [0.25, 0.3) is 0 Å². The molecule has 1 aliphatic rings. The molecule has 0 bridgehead atoms. The number of hydrogen-bond donors (Lipinski definition) is 0. The van der Waals surface area contributed by atoms with E-state index in [1.54, 1.807) is 24.3 Å². The predicted molar refractivity (Wildman–Crippen MR) is 80.1 cm³/mol. The van der Waals surface area contributed by atoms with E-state index in [1.807, 2.05) is 24.3 Å². The molecule has 2 aromatic rings. The minimum atomic E-state index is -1.40. The van der Waals surface area contributed by atoms with Crippen molar-refractivity contribution in [3.8, 4) is 0 Å². The topological polar surface area (TPSA) is 20.3 Å². The summed E-state index contributed by atoms with van der Waals surface area (Å²) >= 11 is 6.51. The van der Waals surface area contributed by atoms with Gasteiger partial charge in [-0.05, 0) is 41.8 Å². The highest BCUT2D eigenvalue weighted by Crippen LogP contribution is 2.42. The second-order valence-electron chi connectivity index (χ2n) is 4.81. The predicted octanol–water partition coefficient (Wildman–Crippen LogP) is 3.93. The molecule has 0 N–H and O–H groups in total. The van der Waals surface area contributed by atoms with E-state index >= 15 is 0 Å². The number of nitrogens with zero attached hydrogens (tertiary/aromatic N) is 1. The highest BCUT2D eigenvalue weighted by molar-refractivity contribution is 7.86. The number of rotatable bonds is 0. The van der Waals surface area contributed by atoms with Crippen molar-refractivity contribution in [2.24, 2.45) is 0 Å². The molecule has 104 valence electrons. The van der Waals surface area contributed by atoms with E-state index in [4.69, 9.17) is 11.6 Å². The summed E-state index contributed by atoms with van der Waals surface area (Å²) in [5.41, 5.74) is 2.69. The molecule has 0 amide bonds. The van der Waals surface area contributed by atoms with Crippen LogP contribution in [0, 0.1) is 12.7 Å². The van der Waals surface area contributed by atoms with Crippen molar-refractivity contribution < 1.29 is 8.60 Å². The summed E-state index contributed by atoms with van der Waals surface area (Å²) in [7, 11) is 0.361. The maximum atomic E-state index is 13.8. The van der Waals surface area contributed by atoms with Gasteiger partial charge >= 0.3 is 0 Å². The van der Waals surface area contributed by atoms with Crippen molar-refractivity contribution in [2.45, 2.75) is 17.2 Å². The fourth-order valence-electron chi connectivity index (χ4n) is 2.41. The molecule has 0 saturated carbocycles. The molecule has 20 heavy (non-hydrogen) atoms. The van der Waals surface area contributed by atoms with Gasteiger partial charge in [0, 0.05) is 7.05 Å². The third kappa shape index (κ3) is 1.95. The lowest BCUT2D eigenvalue weighted by atomic mass is 10.0. The Labute approximate surface area is 124 Å². The van der Waals surface area contributed by atoms with Gasteiger partial charge in [0.2, 0.25) is 0 Å². The van der Waals surface area contributed by atoms with Crippen LogP contribution in [-0.4, -0.2) is 11.3 Å². The zero-order chi connectivity index (χ0) is 14.4. The van der Waals surface area contributed by atoms with Gasteiger partial charge in [0.15, 0.2) is 11.0 Å². The first-order chi connectivity index (χ1) is 9.50. The maximum Gasteiger partial charge on any atom is 0.153 e. The number of para-hydroxylation sites is 1. The number of benzene rings is 2. The zero-order valence-electron chi connectivity index (χ0n) is 11.1. The van der Waals surface area contributed by atoms with E-state index in [0.29, 0.717) is 16.0 Å². The van der Waals surface area contributed by atoms with Crippen molar-refractivity contribution in [1.82, 2.24) is 0 Å². The first-order valence-electron chi connectivity index (χ1n) is 6.19. The largest absolute Gasteiger partial charge is 0.290 e. The first kappa shape index (κ1) is 13.6. The first-order valence-corrected chi connectivity index (χ1v) is 7.73. The second-order valence-corrected chi connectivity index (χ2v) is 6.73. The van der Waals surface area contributed by atoms with Crippen LogP contribution in [-0.2, 0) is 11.0 Å². The summed E-state index contributed by atoms with van der Waals surface area (Å²) in [6.07, 6.45) is 0. The molecule has 0 radical (unpaired) electrons. The van der Waals surface area contributed by atoms with Gasteiger partial charge in [0.1, 0.15) is 5.82 Å². The molecule has 0 fully saturated rings. The van der Waals surface area contributed by atoms with Crippen molar-refractivity contribution in [3.63, 3.8) is 0 Å². The Morgan fingerprint density at radius 1 is 1.25 bits per heavy atom. The number of hydrogen-bond acceptors (Lipinski definition) is 1. The summed E-state index contributed by atoms with van der Waals surface area (Å²) in [6.45, 7) is 1.66. The van der Waals surface area contributed by atoms with E-state index in [-0.39, 0.29) is 5.82 Å². The molecule has 0 aromatic heterocycles. The normalized spacial score (nSPS) is 21.1. The van der Waals surface area contributed by atoms with Gasteiger partial charge in [0.25, 0.3) is 0 Å². The minimum Gasteiger partial charge on any atom is -0.290 e. The molecule has 1 aliphatic heterocycles. The van der Waals surface area contributed by atoms with E-state index in [2.05, 4.69) is 0 Å². The Morgan fingerprint density at radius 2 is 1.95 bits per heavy atom. The number of halogens is 2. The summed E-state index contributed by atoms with van der Waals surface area (Å²) in [5.74, 6) is -0.326. The highest BCUT2D eigenvalue weighted by atomic mass is 35.5. The molecule has 3 rings (SSSR count). The summed E-state index contributed by atoms with van der Waals surface area (Å²) in [4.78, 5) is 0.572.